The van der Waals surface area contributed by atoms with Crippen molar-refractivity contribution >= 4 is 5.91 Å². The van der Waals surface area contributed by atoms with Crippen LogP contribution in [0.5, 0.6) is 0 Å². The molecular weight excluding hydrogens is 432 g/mol. The molecule has 5 aliphatic rings. The Labute approximate surface area is 204 Å². The van der Waals surface area contributed by atoms with Gasteiger partial charge >= 0.3 is 0 Å². The molecule has 0 aromatic rings. The molecule has 6 unspecified atom stereocenters. The van der Waals surface area contributed by atoms with E-state index in [1.54, 1.807) is 0 Å². The van der Waals surface area contributed by atoms with Crippen LogP contribution in [-0.4, -0.2) is 86.2 Å². The number of nitrogens with zero attached hydrogens (tertiary/aromatic N) is 2. The first-order chi connectivity index (χ1) is 16.6. The molecule has 1 amide bonds. The number of hydrogen-bond donors (Lipinski definition) is 4. The lowest BCUT2D eigenvalue weighted by molar-refractivity contribution is -0.123. The van der Waals surface area contributed by atoms with Crippen molar-refractivity contribution in [1.82, 2.24) is 25.9 Å². The molecule has 34 heavy (non-hydrogen) atoms. The number of primary amides is 1. The third-order valence-electron chi connectivity index (χ3n) is 9.31. The summed E-state index contributed by atoms with van der Waals surface area (Å²) in [6.45, 7) is 5.21. The Morgan fingerprint density at radius 1 is 1.06 bits per heavy atom. The van der Waals surface area contributed by atoms with E-state index in [0.29, 0.717) is 30.1 Å². The highest BCUT2D eigenvalue weighted by Gasteiger charge is 2.42. The minimum Gasteiger partial charge on any atom is -0.381 e. The van der Waals surface area contributed by atoms with Crippen LogP contribution < -0.4 is 21.8 Å². The van der Waals surface area contributed by atoms with Crippen molar-refractivity contribution in [2.45, 2.75) is 94.9 Å². The van der Waals surface area contributed by atoms with Gasteiger partial charge in [-0.25, -0.2) is 0 Å². The molecule has 0 radical (unpaired) electrons. The van der Waals surface area contributed by atoms with Crippen molar-refractivity contribution in [2.24, 2.45) is 23.5 Å². The Kier molecular flexibility index (Phi) is 8.41. The van der Waals surface area contributed by atoms with Gasteiger partial charge in [0.05, 0.1) is 24.5 Å². The zero-order valence-corrected chi connectivity index (χ0v) is 20.9. The number of rotatable bonds is 7. The molecule has 5 N–H and O–H groups in total. The lowest BCUT2D eigenvalue weighted by Crippen LogP contribution is -2.57. The lowest BCUT2D eigenvalue weighted by Gasteiger charge is -2.42. The first-order valence-electron chi connectivity index (χ1n) is 13.8. The number of ether oxygens (including phenoxy) is 1. The van der Waals surface area contributed by atoms with E-state index in [1.165, 1.54) is 45.1 Å². The first kappa shape index (κ1) is 24.9. The molecule has 4 aliphatic heterocycles. The van der Waals surface area contributed by atoms with Gasteiger partial charge in [-0.3, -0.25) is 24.7 Å². The second kappa shape index (κ2) is 11.5. The number of nitrogens with two attached hydrogens (primary N) is 1. The summed E-state index contributed by atoms with van der Waals surface area (Å²) < 4.78 is 5.83. The Balaban J connectivity index is 1.12. The van der Waals surface area contributed by atoms with E-state index in [9.17, 15) is 4.79 Å². The Morgan fingerprint density at radius 2 is 1.88 bits per heavy atom. The fourth-order valence-corrected chi connectivity index (χ4v) is 7.23. The average Bonchev–Trinajstić information content (AvgIpc) is 3.54. The van der Waals surface area contributed by atoms with Gasteiger partial charge in [0.25, 0.3) is 0 Å². The SMILES string of the molecule is COC1CCCCC1CN1CCC[C@H]1C1NC(C2CCNC(N3CCC(C(N)=O)CC3)C2)NO1. The van der Waals surface area contributed by atoms with E-state index in [0.717, 1.165) is 51.9 Å². The highest BCUT2D eigenvalue weighted by atomic mass is 16.7. The number of nitrogens with one attached hydrogen (secondary N) is 3. The van der Waals surface area contributed by atoms with Crippen molar-refractivity contribution in [3.8, 4) is 0 Å². The predicted octanol–water partition coefficient (Wildman–Crippen LogP) is 0.956. The van der Waals surface area contributed by atoms with Crippen LogP contribution >= 0.6 is 0 Å². The van der Waals surface area contributed by atoms with Gasteiger partial charge in [0.2, 0.25) is 5.91 Å². The monoisotopic (exact) mass is 478 g/mol. The number of hydrogen-bond acceptors (Lipinski definition) is 8. The van der Waals surface area contributed by atoms with E-state index in [-0.39, 0.29) is 24.2 Å². The highest BCUT2D eigenvalue weighted by molar-refractivity contribution is 5.76. The zero-order valence-electron chi connectivity index (χ0n) is 20.9. The quantitative estimate of drug-likeness (QED) is 0.429. The molecule has 0 spiro atoms. The third-order valence-corrected chi connectivity index (χ3v) is 9.31. The van der Waals surface area contributed by atoms with Crippen molar-refractivity contribution in [3.05, 3.63) is 0 Å². The summed E-state index contributed by atoms with van der Waals surface area (Å²) >= 11 is 0. The smallest absolute Gasteiger partial charge is 0.220 e. The molecule has 194 valence electrons. The van der Waals surface area contributed by atoms with Crippen LogP contribution in [0.4, 0.5) is 0 Å². The molecule has 0 aromatic heterocycles. The van der Waals surface area contributed by atoms with Crippen LogP contribution in [0, 0.1) is 17.8 Å². The van der Waals surface area contributed by atoms with Crippen LogP contribution in [0.3, 0.4) is 0 Å². The second-order valence-electron chi connectivity index (χ2n) is 11.3. The Hall–Kier alpha value is -0.810. The van der Waals surface area contributed by atoms with Crippen LogP contribution in [0.15, 0.2) is 0 Å². The van der Waals surface area contributed by atoms with Gasteiger partial charge in [-0.05, 0) is 76.3 Å². The minimum absolute atomic E-state index is 0.0464. The molecule has 0 bridgehead atoms. The maximum absolute atomic E-state index is 11.5. The van der Waals surface area contributed by atoms with E-state index < -0.39 is 0 Å². The summed E-state index contributed by atoms with van der Waals surface area (Å²) in [5, 5.41) is 7.53. The van der Waals surface area contributed by atoms with Gasteiger partial charge in [0.15, 0.2) is 0 Å². The normalized spacial score (nSPS) is 41.1. The molecule has 5 rings (SSSR count). The van der Waals surface area contributed by atoms with Gasteiger partial charge in [0, 0.05) is 32.7 Å². The molecule has 9 nitrogen and oxygen atoms in total. The summed E-state index contributed by atoms with van der Waals surface area (Å²) in [7, 11) is 1.88. The van der Waals surface area contributed by atoms with Crippen LogP contribution in [0.2, 0.25) is 0 Å². The summed E-state index contributed by atoms with van der Waals surface area (Å²) in [6, 6.07) is 0.433. The number of carbonyl (C=O) groups excluding carboxylic acids is 1. The summed E-state index contributed by atoms with van der Waals surface area (Å²) in [5.41, 5.74) is 8.90. The molecule has 5 fully saturated rings. The topological polar surface area (TPSA) is 104 Å². The molecule has 1 saturated carbocycles. The molecule has 4 heterocycles. The van der Waals surface area contributed by atoms with Crippen molar-refractivity contribution < 1.29 is 14.4 Å². The van der Waals surface area contributed by atoms with Gasteiger partial charge in [-0.2, -0.15) is 5.48 Å². The number of likely N-dealkylation sites (tertiary alicyclic amines) is 2. The second-order valence-corrected chi connectivity index (χ2v) is 11.3. The fourth-order valence-electron chi connectivity index (χ4n) is 7.23. The summed E-state index contributed by atoms with van der Waals surface area (Å²) in [4.78, 5) is 22.9. The van der Waals surface area contributed by atoms with Crippen molar-refractivity contribution in [2.75, 3.05) is 39.8 Å². The van der Waals surface area contributed by atoms with Gasteiger partial charge < -0.3 is 15.8 Å². The number of methoxy groups -OCH3 is 1. The molecule has 0 aromatic carbocycles. The first-order valence-corrected chi connectivity index (χ1v) is 13.8. The number of piperidine rings is 2. The fraction of sp³-hybridized carbons (Fsp3) is 0.960. The zero-order chi connectivity index (χ0) is 23.5. The predicted molar refractivity (Wildman–Crippen MR) is 130 cm³/mol. The molecule has 1 aliphatic carbocycles. The van der Waals surface area contributed by atoms with E-state index in [1.807, 2.05) is 7.11 Å². The van der Waals surface area contributed by atoms with Crippen molar-refractivity contribution in [1.29, 1.82) is 0 Å². The highest BCUT2D eigenvalue weighted by Crippen LogP contribution is 2.32. The minimum atomic E-state index is -0.140. The number of amides is 1. The van der Waals surface area contributed by atoms with Crippen LogP contribution in [0.1, 0.15) is 64.2 Å². The maximum atomic E-state index is 11.5. The van der Waals surface area contributed by atoms with Gasteiger partial charge in [-0.1, -0.05) is 12.8 Å². The molecule has 7 atom stereocenters. The number of carbonyl (C=O) groups is 1. The summed E-state index contributed by atoms with van der Waals surface area (Å²) in [5.74, 6) is 1.08. The maximum Gasteiger partial charge on any atom is 0.220 e. The molecule has 9 heteroatoms. The Morgan fingerprint density at radius 3 is 2.68 bits per heavy atom. The van der Waals surface area contributed by atoms with Crippen LogP contribution in [-0.2, 0) is 14.4 Å². The van der Waals surface area contributed by atoms with E-state index >= 15 is 0 Å². The standard InChI is InChI=1S/C25H46N6O3/c1-33-21-7-3-2-5-19(21)16-31-12-4-6-20(31)25-28-24(29-34-25)18-8-11-27-22(15-18)30-13-9-17(10-14-30)23(26)32/h17-22,24-25,27-29H,2-16H2,1H3,(H2,26,32)/t18?,19?,20-,21?,22?,24?,25?/m0/s1. The van der Waals surface area contributed by atoms with E-state index in [2.05, 4.69) is 25.9 Å². The van der Waals surface area contributed by atoms with Crippen molar-refractivity contribution in [3.63, 3.8) is 0 Å². The Bertz CT molecular complexity index is 675. The summed E-state index contributed by atoms with van der Waals surface area (Å²) in [6.07, 6.45) is 12.6. The van der Waals surface area contributed by atoms with Crippen LogP contribution in [0.25, 0.3) is 0 Å². The molecular formula is C25H46N6O3. The average molecular weight is 479 g/mol. The lowest BCUT2D eigenvalue weighted by atomic mass is 9.86. The van der Waals surface area contributed by atoms with Gasteiger partial charge in [0.1, 0.15) is 6.23 Å². The van der Waals surface area contributed by atoms with E-state index in [4.69, 9.17) is 15.3 Å². The van der Waals surface area contributed by atoms with Gasteiger partial charge in [-0.15, -0.1) is 0 Å². The third kappa shape index (κ3) is 5.61. The largest absolute Gasteiger partial charge is 0.381 e. The number of hydroxylamine groups is 1. The molecule has 4 saturated heterocycles.